The molecular weight excluding hydrogens is 475 g/mol. The van der Waals surface area contributed by atoms with Gasteiger partial charge in [0.1, 0.15) is 11.6 Å². The maximum Gasteiger partial charge on any atom is 0.300 e. The molecule has 0 saturated carbocycles. The first-order chi connectivity index (χ1) is 17.2. The Morgan fingerprint density at radius 2 is 1.67 bits per heavy atom. The van der Waals surface area contributed by atoms with Crippen LogP contribution in [-0.4, -0.2) is 30.5 Å². The highest BCUT2D eigenvalue weighted by Crippen LogP contribution is 2.44. The van der Waals surface area contributed by atoms with Gasteiger partial charge in [0.05, 0.1) is 25.3 Å². The summed E-state index contributed by atoms with van der Waals surface area (Å²) >= 11 is 0. The van der Waals surface area contributed by atoms with E-state index in [1.165, 1.54) is 32.2 Å². The lowest BCUT2D eigenvalue weighted by Gasteiger charge is -2.26. The van der Waals surface area contributed by atoms with E-state index in [-0.39, 0.29) is 29.0 Å². The maximum absolute atomic E-state index is 14.1. The zero-order valence-electron chi connectivity index (χ0n) is 19.6. The van der Waals surface area contributed by atoms with Gasteiger partial charge in [0.25, 0.3) is 11.7 Å². The standard InChI is InChI=1S/C27H22F3NO5/c1-4-36-22-12-15(6-10-21(22)35-3)24-23(25(32)16-5-8-18(28)14(2)11-16)26(33)27(34)31(24)17-7-9-19(29)20(30)13-17/h5-13,24,32H,4H2,1-3H3/b25-23+. The van der Waals surface area contributed by atoms with E-state index in [1.807, 2.05) is 0 Å². The molecule has 1 amide bonds. The van der Waals surface area contributed by atoms with Gasteiger partial charge in [0.15, 0.2) is 23.1 Å². The van der Waals surface area contributed by atoms with Gasteiger partial charge in [-0.05, 0) is 67.4 Å². The Morgan fingerprint density at radius 3 is 2.31 bits per heavy atom. The van der Waals surface area contributed by atoms with Crippen LogP contribution in [0.25, 0.3) is 5.76 Å². The minimum absolute atomic E-state index is 0.0934. The quantitative estimate of drug-likeness (QED) is 0.279. The van der Waals surface area contributed by atoms with Crippen LogP contribution in [-0.2, 0) is 9.59 Å². The lowest BCUT2D eigenvalue weighted by atomic mass is 9.94. The number of hydrogen-bond acceptors (Lipinski definition) is 5. The number of aryl methyl sites for hydroxylation is 1. The second kappa shape index (κ2) is 9.77. The van der Waals surface area contributed by atoms with E-state index in [1.54, 1.807) is 19.1 Å². The van der Waals surface area contributed by atoms with Crippen molar-refractivity contribution in [2.24, 2.45) is 0 Å². The van der Waals surface area contributed by atoms with Crippen LogP contribution in [0.2, 0.25) is 0 Å². The van der Waals surface area contributed by atoms with E-state index in [0.717, 1.165) is 29.2 Å². The first-order valence-corrected chi connectivity index (χ1v) is 11.0. The van der Waals surface area contributed by atoms with E-state index in [9.17, 15) is 27.9 Å². The molecule has 3 aromatic rings. The Labute approximate surface area is 205 Å². The molecule has 9 heteroatoms. The number of methoxy groups -OCH3 is 1. The number of carbonyl (C=O) groups excluding carboxylic acids is 2. The van der Waals surface area contributed by atoms with Crippen molar-refractivity contribution in [1.29, 1.82) is 0 Å². The monoisotopic (exact) mass is 497 g/mol. The molecule has 0 spiro atoms. The number of anilines is 1. The van der Waals surface area contributed by atoms with Crippen molar-refractivity contribution in [2.75, 3.05) is 18.6 Å². The summed E-state index contributed by atoms with van der Waals surface area (Å²) in [5.74, 6) is -4.80. The van der Waals surface area contributed by atoms with Crippen LogP contribution in [0.5, 0.6) is 11.5 Å². The van der Waals surface area contributed by atoms with Crippen molar-refractivity contribution in [1.82, 2.24) is 0 Å². The first kappa shape index (κ1) is 24.8. The molecule has 0 aromatic heterocycles. The molecule has 1 atom stereocenters. The zero-order valence-corrected chi connectivity index (χ0v) is 19.6. The number of rotatable bonds is 6. The molecular formula is C27H22F3NO5. The molecule has 3 aromatic carbocycles. The first-order valence-electron chi connectivity index (χ1n) is 11.0. The lowest BCUT2D eigenvalue weighted by Crippen LogP contribution is -2.29. The summed E-state index contributed by atoms with van der Waals surface area (Å²) in [7, 11) is 1.45. The fourth-order valence-corrected chi connectivity index (χ4v) is 4.13. The molecule has 4 rings (SSSR count). The molecule has 1 heterocycles. The SMILES string of the molecule is CCOc1cc(C2/C(=C(\O)c3ccc(F)c(C)c3)C(=O)C(=O)N2c2ccc(F)c(F)c2)ccc1OC. The number of nitrogens with zero attached hydrogens (tertiary/aromatic N) is 1. The number of ether oxygens (including phenoxy) is 2. The Kier molecular flexibility index (Phi) is 6.74. The fourth-order valence-electron chi connectivity index (χ4n) is 4.13. The molecule has 0 aliphatic carbocycles. The van der Waals surface area contributed by atoms with Crippen LogP contribution < -0.4 is 14.4 Å². The highest BCUT2D eigenvalue weighted by atomic mass is 19.2. The van der Waals surface area contributed by atoms with Crippen LogP contribution in [0.3, 0.4) is 0 Å². The zero-order chi connectivity index (χ0) is 26.1. The summed E-state index contributed by atoms with van der Waals surface area (Å²) in [6.07, 6.45) is 0. The molecule has 0 radical (unpaired) electrons. The molecule has 6 nitrogen and oxygen atoms in total. The molecule has 1 fully saturated rings. The molecule has 1 unspecified atom stereocenters. The molecule has 186 valence electrons. The van der Waals surface area contributed by atoms with Crippen molar-refractivity contribution in [3.05, 3.63) is 94.3 Å². The predicted molar refractivity (Wildman–Crippen MR) is 126 cm³/mol. The largest absolute Gasteiger partial charge is 0.507 e. The smallest absolute Gasteiger partial charge is 0.300 e. The van der Waals surface area contributed by atoms with E-state index in [4.69, 9.17) is 9.47 Å². The van der Waals surface area contributed by atoms with Crippen LogP contribution in [0.15, 0.2) is 60.2 Å². The van der Waals surface area contributed by atoms with Crippen LogP contribution in [0, 0.1) is 24.4 Å². The highest BCUT2D eigenvalue weighted by molar-refractivity contribution is 6.51. The minimum Gasteiger partial charge on any atom is -0.507 e. The Balaban J connectivity index is 1.98. The molecule has 1 N–H and O–H groups in total. The van der Waals surface area contributed by atoms with Crippen LogP contribution >= 0.6 is 0 Å². The molecule has 1 saturated heterocycles. The van der Waals surface area contributed by atoms with Crippen LogP contribution in [0.4, 0.5) is 18.9 Å². The summed E-state index contributed by atoms with van der Waals surface area (Å²) < 4.78 is 52.5. The summed E-state index contributed by atoms with van der Waals surface area (Å²) in [5, 5.41) is 11.2. The second-order valence-corrected chi connectivity index (χ2v) is 8.07. The van der Waals surface area contributed by atoms with E-state index in [0.29, 0.717) is 17.1 Å². The summed E-state index contributed by atoms with van der Waals surface area (Å²) in [4.78, 5) is 27.4. The third-order valence-electron chi connectivity index (χ3n) is 5.86. The third-order valence-corrected chi connectivity index (χ3v) is 5.86. The van der Waals surface area contributed by atoms with Crippen LogP contribution in [0.1, 0.15) is 29.7 Å². The average molecular weight is 497 g/mol. The van der Waals surface area contributed by atoms with Gasteiger partial charge < -0.3 is 14.6 Å². The second-order valence-electron chi connectivity index (χ2n) is 8.07. The van der Waals surface area contributed by atoms with Gasteiger partial charge in [-0.25, -0.2) is 13.2 Å². The number of ketones is 1. The topological polar surface area (TPSA) is 76.1 Å². The number of halogens is 3. The number of amides is 1. The van der Waals surface area contributed by atoms with Gasteiger partial charge in [0.2, 0.25) is 0 Å². The number of aliphatic hydroxyl groups excluding tert-OH is 1. The van der Waals surface area contributed by atoms with Crippen molar-refractivity contribution < 1.29 is 37.3 Å². The Hall–Kier alpha value is -4.27. The predicted octanol–water partition coefficient (Wildman–Crippen LogP) is 5.45. The Bertz CT molecular complexity index is 1400. The van der Waals surface area contributed by atoms with Gasteiger partial charge in [0, 0.05) is 17.3 Å². The van der Waals surface area contributed by atoms with Gasteiger partial charge >= 0.3 is 0 Å². The summed E-state index contributed by atoms with van der Waals surface area (Å²) in [5.41, 5.74) is 0.269. The highest BCUT2D eigenvalue weighted by Gasteiger charge is 2.47. The third kappa shape index (κ3) is 4.28. The summed E-state index contributed by atoms with van der Waals surface area (Å²) in [6.45, 7) is 3.54. The fraction of sp³-hybridized carbons (Fsp3) is 0.185. The van der Waals surface area contributed by atoms with E-state index >= 15 is 0 Å². The molecule has 0 bridgehead atoms. The molecule has 36 heavy (non-hydrogen) atoms. The van der Waals surface area contributed by atoms with Gasteiger partial charge in [-0.15, -0.1) is 0 Å². The number of aliphatic hydroxyl groups is 1. The molecule has 1 aliphatic heterocycles. The van der Waals surface area contributed by atoms with Crippen molar-refractivity contribution in [3.63, 3.8) is 0 Å². The summed E-state index contributed by atoms with van der Waals surface area (Å²) in [6, 6.07) is 9.97. The maximum atomic E-state index is 14.1. The van der Waals surface area contributed by atoms with Crippen molar-refractivity contribution in [2.45, 2.75) is 19.9 Å². The number of Topliss-reactive ketones (excluding diaryl/α,β-unsaturated/α-hetero) is 1. The number of hydrogen-bond donors (Lipinski definition) is 1. The lowest BCUT2D eigenvalue weighted by molar-refractivity contribution is -0.132. The van der Waals surface area contributed by atoms with Crippen molar-refractivity contribution in [3.8, 4) is 11.5 Å². The Morgan fingerprint density at radius 1 is 0.944 bits per heavy atom. The van der Waals surface area contributed by atoms with Gasteiger partial charge in [-0.2, -0.15) is 0 Å². The average Bonchev–Trinajstić information content (AvgIpc) is 3.12. The van der Waals surface area contributed by atoms with Gasteiger partial charge in [-0.3, -0.25) is 14.5 Å². The minimum atomic E-state index is -1.23. The molecule has 1 aliphatic rings. The van der Waals surface area contributed by atoms with E-state index in [2.05, 4.69) is 0 Å². The van der Waals surface area contributed by atoms with Gasteiger partial charge in [-0.1, -0.05) is 6.07 Å². The van der Waals surface area contributed by atoms with E-state index < -0.39 is 40.9 Å². The normalized spacial score (nSPS) is 16.9. The number of carbonyl (C=O) groups is 2. The number of benzene rings is 3. The van der Waals surface area contributed by atoms with Crippen molar-refractivity contribution >= 4 is 23.1 Å².